The molecule has 0 aliphatic heterocycles. The average molecular weight is 428 g/mol. The molecule has 1 aliphatic rings. The van der Waals surface area contributed by atoms with Gasteiger partial charge in [0.15, 0.2) is 5.16 Å². The number of carbonyl (C=O) groups is 1. The SMILES string of the molecule is CCCn1c(SC(C)C(=O)Nc2ccccc2C)nc2sc3c(c2c1=O)CCC3. The first kappa shape index (κ1) is 20.2. The number of nitrogens with one attached hydrogen (secondary N) is 1. The molecule has 29 heavy (non-hydrogen) atoms. The molecule has 152 valence electrons. The van der Waals surface area contributed by atoms with Crippen LogP contribution in [0.1, 0.15) is 42.7 Å². The smallest absolute Gasteiger partial charge is 0.263 e. The van der Waals surface area contributed by atoms with Crippen molar-refractivity contribution in [2.45, 2.75) is 63.4 Å². The van der Waals surface area contributed by atoms with Crippen molar-refractivity contribution in [1.82, 2.24) is 9.55 Å². The van der Waals surface area contributed by atoms with E-state index in [0.29, 0.717) is 11.7 Å². The van der Waals surface area contributed by atoms with Crippen molar-refractivity contribution in [2.75, 3.05) is 5.32 Å². The highest BCUT2D eigenvalue weighted by molar-refractivity contribution is 8.00. The Labute approximate surface area is 178 Å². The lowest BCUT2D eigenvalue weighted by Crippen LogP contribution is -2.27. The number of aromatic nitrogens is 2. The number of carbonyl (C=O) groups excluding carboxylic acids is 1. The number of thiophene rings is 1. The third kappa shape index (κ3) is 3.85. The lowest BCUT2D eigenvalue weighted by atomic mass is 10.2. The zero-order valence-electron chi connectivity index (χ0n) is 16.9. The number of anilines is 1. The molecule has 7 heteroatoms. The van der Waals surface area contributed by atoms with Crippen LogP contribution in [-0.2, 0) is 24.2 Å². The summed E-state index contributed by atoms with van der Waals surface area (Å²) >= 11 is 3.00. The van der Waals surface area contributed by atoms with Gasteiger partial charge in [0, 0.05) is 17.1 Å². The van der Waals surface area contributed by atoms with Gasteiger partial charge in [-0.05, 0) is 56.7 Å². The molecule has 1 aliphatic carbocycles. The summed E-state index contributed by atoms with van der Waals surface area (Å²) in [5.41, 5.74) is 3.09. The van der Waals surface area contributed by atoms with Crippen molar-refractivity contribution in [3.05, 3.63) is 50.6 Å². The number of fused-ring (bicyclic) bond motifs is 3. The molecule has 3 aromatic rings. The van der Waals surface area contributed by atoms with Crippen molar-refractivity contribution in [3.8, 4) is 0 Å². The van der Waals surface area contributed by atoms with Gasteiger partial charge >= 0.3 is 0 Å². The minimum atomic E-state index is -0.367. The number of aryl methyl sites for hydroxylation is 3. The van der Waals surface area contributed by atoms with E-state index in [1.54, 1.807) is 15.9 Å². The minimum Gasteiger partial charge on any atom is -0.325 e. The summed E-state index contributed by atoms with van der Waals surface area (Å²) in [5, 5.41) is 4.06. The zero-order valence-corrected chi connectivity index (χ0v) is 18.6. The number of hydrogen-bond donors (Lipinski definition) is 1. The van der Waals surface area contributed by atoms with Crippen molar-refractivity contribution in [3.63, 3.8) is 0 Å². The van der Waals surface area contributed by atoms with E-state index in [0.717, 1.165) is 47.2 Å². The molecule has 1 N–H and O–H groups in total. The molecule has 1 unspecified atom stereocenters. The molecule has 0 spiro atoms. The highest BCUT2D eigenvalue weighted by atomic mass is 32.2. The highest BCUT2D eigenvalue weighted by Gasteiger charge is 2.25. The fourth-order valence-corrected chi connectivity index (χ4v) is 5.97. The van der Waals surface area contributed by atoms with Crippen LogP contribution in [0.4, 0.5) is 5.69 Å². The average Bonchev–Trinajstić information content (AvgIpc) is 3.27. The maximum Gasteiger partial charge on any atom is 0.263 e. The third-order valence-electron chi connectivity index (χ3n) is 5.29. The topological polar surface area (TPSA) is 64.0 Å². The first-order chi connectivity index (χ1) is 14.0. The Morgan fingerprint density at radius 3 is 2.90 bits per heavy atom. The molecular formula is C22H25N3O2S2. The van der Waals surface area contributed by atoms with Crippen LogP contribution in [0, 0.1) is 6.92 Å². The summed E-state index contributed by atoms with van der Waals surface area (Å²) in [6.07, 6.45) is 3.98. The Balaban J connectivity index is 1.64. The van der Waals surface area contributed by atoms with Crippen LogP contribution in [0.25, 0.3) is 10.2 Å². The van der Waals surface area contributed by atoms with E-state index < -0.39 is 0 Å². The van der Waals surface area contributed by atoms with Gasteiger partial charge in [-0.25, -0.2) is 4.98 Å². The molecule has 0 bridgehead atoms. The largest absolute Gasteiger partial charge is 0.325 e. The maximum atomic E-state index is 13.3. The Hall–Kier alpha value is -2.12. The van der Waals surface area contributed by atoms with Crippen LogP contribution in [0.3, 0.4) is 0 Å². The molecule has 5 nitrogen and oxygen atoms in total. The van der Waals surface area contributed by atoms with E-state index in [1.807, 2.05) is 38.1 Å². The van der Waals surface area contributed by atoms with E-state index in [-0.39, 0.29) is 16.7 Å². The number of thioether (sulfide) groups is 1. The van der Waals surface area contributed by atoms with Gasteiger partial charge < -0.3 is 5.32 Å². The predicted molar refractivity (Wildman–Crippen MR) is 121 cm³/mol. The van der Waals surface area contributed by atoms with Gasteiger partial charge in [-0.3, -0.25) is 14.2 Å². The molecular weight excluding hydrogens is 402 g/mol. The normalized spacial score (nSPS) is 14.2. The number of hydrogen-bond acceptors (Lipinski definition) is 5. The van der Waals surface area contributed by atoms with Gasteiger partial charge in [0.25, 0.3) is 5.56 Å². The van der Waals surface area contributed by atoms with E-state index >= 15 is 0 Å². The highest BCUT2D eigenvalue weighted by Crippen LogP contribution is 2.36. The second-order valence-electron chi connectivity index (χ2n) is 7.45. The molecule has 1 aromatic carbocycles. The number of rotatable bonds is 6. The van der Waals surface area contributed by atoms with Crippen LogP contribution in [-0.4, -0.2) is 20.7 Å². The van der Waals surface area contributed by atoms with E-state index in [9.17, 15) is 9.59 Å². The second-order valence-corrected chi connectivity index (χ2v) is 9.84. The van der Waals surface area contributed by atoms with Crippen LogP contribution >= 0.6 is 23.1 Å². The Morgan fingerprint density at radius 2 is 2.14 bits per heavy atom. The first-order valence-electron chi connectivity index (χ1n) is 10.1. The molecule has 0 saturated carbocycles. The van der Waals surface area contributed by atoms with Crippen LogP contribution in [0.5, 0.6) is 0 Å². The van der Waals surface area contributed by atoms with Crippen LogP contribution in [0.15, 0.2) is 34.2 Å². The molecule has 2 aromatic heterocycles. The van der Waals surface area contributed by atoms with Crippen molar-refractivity contribution < 1.29 is 4.79 Å². The molecule has 2 heterocycles. The summed E-state index contributed by atoms with van der Waals surface area (Å²) in [4.78, 5) is 33.0. The summed E-state index contributed by atoms with van der Waals surface area (Å²) in [6.45, 7) is 6.50. The third-order valence-corrected chi connectivity index (χ3v) is 7.57. The number of nitrogens with zero attached hydrogens (tertiary/aromatic N) is 2. The van der Waals surface area contributed by atoms with Crippen LogP contribution in [0.2, 0.25) is 0 Å². The fourth-order valence-electron chi connectivity index (χ4n) is 3.73. The Kier molecular flexibility index (Phi) is 5.79. The number of benzene rings is 1. The van der Waals surface area contributed by atoms with Crippen LogP contribution < -0.4 is 10.9 Å². The summed E-state index contributed by atoms with van der Waals surface area (Å²) in [6, 6.07) is 7.72. The summed E-state index contributed by atoms with van der Waals surface area (Å²) < 4.78 is 1.76. The monoisotopic (exact) mass is 427 g/mol. The second kappa shape index (κ2) is 8.32. The fraction of sp³-hybridized carbons (Fsp3) is 0.409. The lowest BCUT2D eigenvalue weighted by Gasteiger charge is -2.16. The van der Waals surface area contributed by atoms with Gasteiger partial charge in [-0.1, -0.05) is 36.9 Å². The maximum absolute atomic E-state index is 13.3. The Morgan fingerprint density at radius 1 is 1.34 bits per heavy atom. The lowest BCUT2D eigenvalue weighted by molar-refractivity contribution is -0.115. The molecule has 4 rings (SSSR count). The van der Waals surface area contributed by atoms with E-state index in [2.05, 4.69) is 12.2 Å². The number of para-hydroxylation sites is 1. The van der Waals surface area contributed by atoms with E-state index in [4.69, 9.17) is 4.98 Å². The predicted octanol–water partition coefficient (Wildman–Crippen LogP) is 4.78. The van der Waals surface area contributed by atoms with Gasteiger partial charge in [-0.15, -0.1) is 11.3 Å². The molecule has 0 fully saturated rings. The van der Waals surface area contributed by atoms with Crippen molar-refractivity contribution in [1.29, 1.82) is 0 Å². The first-order valence-corrected chi connectivity index (χ1v) is 11.8. The standard InChI is InChI=1S/C22H25N3O2S2/c1-4-12-25-21(27)18-15-9-7-11-17(15)29-20(18)24-22(25)28-14(3)19(26)23-16-10-6-5-8-13(16)2/h5-6,8,10,14H,4,7,9,11-12H2,1-3H3,(H,23,26). The summed E-state index contributed by atoms with van der Waals surface area (Å²) in [5.74, 6) is -0.0876. The molecule has 1 amide bonds. The van der Waals surface area contributed by atoms with Crippen molar-refractivity contribution in [2.24, 2.45) is 0 Å². The molecule has 0 saturated heterocycles. The molecule has 1 atom stereocenters. The number of amides is 1. The van der Waals surface area contributed by atoms with E-state index in [1.165, 1.54) is 22.2 Å². The molecule has 0 radical (unpaired) electrons. The van der Waals surface area contributed by atoms with Gasteiger partial charge in [0.05, 0.1) is 10.6 Å². The quantitative estimate of drug-likeness (QED) is 0.454. The van der Waals surface area contributed by atoms with Crippen molar-refractivity contribution >= 4 is 44.9 Å². The zero-order chi connectivity index (χ0) is 20.5. The summed E-state index contributed by atoms with van der Waals surface area (Å²) in [7, 11) is 0. The van der Waals surface area contributed by atoms with Gasteiger partial charge in [-0.2, -0.15) is 0 Å². The minimum absolute atomic E-state index is 0.0465. The van der Waals surface area contributed by atoms with Gasteiger partial charge in [0.1, 0.15) is 4.83 Å². The Bertz CT molecular complexity index is 1130. The van der Waals surface area contributed by atoms with Gasteiger partial charge in [0.2, 0.25) is 5.91 Å².